The molecule has 1 amide bonds. The minimum absolute atomic E-state index is 0.203. The van der Waals surface area contributed by atoms with E-state index in [1.165, 1.54) is 23.9 Å². The topological polar surface area (TPSA) is 47.6 Å². The number of thioether (sulfide) groups is 1. The second kappa shape index (κ2) is 10.6. The third-order valence-electron chi connectivity index (χ3n) is 3.17. The van der Waals surface area contributed by atoms with E-state index in [1.807, 2.05) is 24.3 Å². The second-order valence-corrected chi connectivity index (χ2v) is 6.35. The van der Waals surface area contributed by atoms with Crippen LogP contribution in [0.3, 0.4) is 0 Å². The number of halogens is 1. The molecule has 0 saturated heterocycles. The lowest BCUT2D eigenvalue weighted by Crippen LogP contribution is -2.16. The van der Waals surface area contributed by atoms with Crippen molar-refractivity contribution in [3.8, 4) is 11.5 Å². The highest BCUT2D eigenvalue weighted by molar-refractivity contribution is 7.99. The quantitative estimate of drug-likeness (QED) is 0.637. The van der Waals surface area contributed by atoms with Crippen LogP contribution >= 0.6 is 11.8 Å². The van der Waals surface area contributed by atoms with Gasteiger partial charge in [0.2, 0.25) is 5.91 Å². The third kappa shape index (κ3) is 7.05. The number of amides is 1. The SMILES string of the molecule is CCCOc1ccc(OCCSCC(=O)Nc2ccccc2F)cc1. The number of ether oxygens (including phenoxy) is 2. The Hall–Kier alpha value is -2.21. The minimum atomic E-state index is -0.435. The second-order valence-electron chi connectivity index (χ2n) is 5.25. The van der Waals surface area contributed by atoms with Gasteiger partial charge in [-0.3, -0.25) is 4.79 Å². The minimum Gasteiger partial charge on any atom is -0.494 e. The highest BCUT2D eigenvalue weighted by Crippen LogP contribution is 2.18. The van der Waals surface area contributed by atoms with Crippen molar-refractivity contribution < 1.29 is 18.7 Å². The molecule has 0 heterocycles. The zero-order chi connectivity index (χ0) is 17.9. The van der Waals surface area contributed by atoms with Gasteiger partial charge in [0.05, 0.1) is 24.7 Å². The Morgan fingerprint density at radius 2 is 1.68 bits per heavy atom. The molecule has 0 bridgehead atoms. The number of carbonyl (C=O) groups is 1. The van der Waals surface area contributed by atoms with Gasteiger partial charge in [0.1, 0.15) is 17.3 Å². The summed E-state index contributed by atoms with van der Waals surface area (Å²) >= 11 is 1.44. The van der Waals surface area contributed by atoms with Crippen LogP contribution in [0, 0.1) is 5.82 Å². The molecule has 2 rings (SSSR count). The molecule has 0 radical (unpaired) electrons. The Morgan fingerprint density at radius 3 is 2.32 bits per heavy atom. The summed E-state index contributed by atoms with van der Waals surface area (Å²) in [6, 6.07) is 13.6. The predicted molar refractivity (Wildman–Crippen MR) is 100 cm³/mol. The maximum absolute atomic E-state index is 13.4. The molecule has 134 valence electrons. The monoisotopic (exact) mass is 363 g/mol. The maximum atomic E-state index is 13.4. The first-order chi connectivity index (χ1) is 12.2. The van der Waals surface area contributed by atoms with Crippen molar-refractivity contribution in [2.24, 2.45) is 0 Å². The Morgan fingerprint density at radius 1 is 1.04 bits per heavy atom. The summed E-state index contributed by atoms with van der Waals surface area (Å²) in [5.41, 5.74) is 0.203. The van der Waals surface area contributed by atoms with Gasteiger partial charge >= 0.3 is 0 Å². The van der Waals surface area contributed by atoms with E-state index in [4.69, 9.17) is 9.47 Å². The number of para-hydroxylation sites is 1. The summed E-state index contributed by atoms with van der Waals surface area (Å²) in [5, 5.41) is 2.55. The van der Waals surface area contributed by atoms with Crippen molar-refractivity contribution >= 4 is 23.4 Å². The highest BCUT2D eigenvalue weighted by Gasteiger charge is 2.06. The fraction of sp³-hybridized carbons (Fsp3) is 0.316. The molecular formula is C19H22FNO3S. The van der Waals surface area contributed by atoms with E-state index in [-0.39, 0.29) is 17.3 Å². The first-order valence-corrected chi connectivity index (χ1v) is 9.32. The molecule has 0 fully saturated rings. The van der Waals surface area contributed by atoms with Crippen LogP contribution < -0.4 is 14.8 Å². The van der Waals surface area contributed by atoms with Gasteiger partial charge in [-0.25, -0.2) is 4.39 Å². The van der Waals surface area contributed by atoms with Crippen LogP contribution in [0.15, 0.2) is 48.5 Å². The molecule has 2 aromatic rings. The van der Waals surface area contributed by atoms with Crippen molar-refractivity contribution in [1.29, 1.82) is 0 Å². The van der Waals surface area contributed by atoms with Crippen LogP contribution in [0.25, 0.3) is 0 Å². The van der Waals surface area contributed by atoms with Crippen LogP contribution in [0.5, 0.6) is 11.5 Å². The number of rotatable bonds is 10. The van der Waals surface area contributed by atoms with Gasteiger partial charge in [-0.2, -0.15) is 0 Å². The normalized spacial score (nSPS) is 10.3. The molecule has 4 nitrogen and oxygen atoms in total. The smallest absolute Gasteiger partial charge is 0.234 e. The number of hydrogen-bond donors (Lipinski definition) is 1. The van der Waals surface area contributed by atoms with Gasteiger partial charge < -0.3 is 14.8 Å². The van der Waals surface area contributed by atoms with Crippen LogP contribution in [0.4, 0.5) is 10.1 Å². The molecular weight excluding hydrogens is 341 g/mol. The standard InChI is InChI=1S/C19H22FNO3S/c1-2-11-23-15-7-9-16(10-8-15)24-12-13-25-14-19(22)21-18-6-4-3-5-17(18)20/h3-10H,2,11-14H2,1H3,(H,21,22). The summed E-state index contributed by atoms with van der Waals surface area (Å²) in [5.74, 6) is 1.84. The van der Waals surface area contributed by atoms with Crippen molar-refractivity contribution in [3.63, 3.8) is 0 Å². The van der Waals surface area contributed by atoms with Gasteiger partial charge in [-0.1, -0.05) is 19.1 Å². The van der Waals surface area contributed by atoms with Gasteiger partial charge in [0.15, 0.2) is 0 Å². The lowest BCUT2D eigenvalue weighted by atomic mass is 10.3. The zero-order valence-electron chi connectivity index (χ0n) is 14.2. The van der Waals surface area contributed by atoms with Gasteiger partial charge in [-0.15, -0.1) is 11.8 Å². The fourth-order valence-electron chi connectivity index (χ4n) is 1.98. The summed E-state index contributed by atoms with van der Waals surface area (Å²) < 4.78 is 24.5. The Balaban J connectivity index is 1.61. The van der Waals surface area contributed by atoms with E-state index in [0.717, 1.165) is 17.9 Å². The lowest BCUT2D eigenvalue weighted by Gasteiger charge is -2.08. The van der Waals surface area contributed by atoms with E-state index < -0.39 is 5.82 Å². The molecule has 0 spiro atoms. The van der Waals surface area contributed by atoms with Crippen molar-refractivity contribution in [2.75, 3.05) is 30.0 Å². The molecule has 0 unspecified atom stereocenters. The molecule has 0 aliphatic heterocycles. The summed E-state index contributed by atoms with van der Waals surface area (Å²) in [6.45, 7) is 3.25. The molecule has 0 saturated carbocycles. The van der Waals surface area contributed by atoms with Gasteiger partial charge in [-0.05, 0) is 42.8 Å². The van der Waals surface area contributed by atoms with Crippen molar-refractivity contribution in [2.45, 2.75) is 13.3 Å². The van der Waals surface area contributed by atoms with Crippen LogP contribution in [0.1, 0.15) is 13.3 Å². The zero-order valence-corrected chi connectivity index (χ0v) is 15.0. The molecule has 6 heteroatoms. The Labute approximate surface area is 151 Å². The van der Waals surface area contributed by atoms with Gasteiger partial charge in [0, 0.05) is 5.75 Å². The molecule has 0 aliphatic carbocycles. The molecule has 0 aliphatic rings. The highest BCUT2D eigenvalue weighted by atomic mass is 32.2. The lowest BCUT2D eigenvalue weighted by molar-refractivity contribution is -0.113. The van der Waals surface area contributed by atoms with E-state index >= 15 is 0 Å². The van der Waals surface area contributed by atoms with E-state index in [2.05, 4.69) is 12.2 Å². The first-order valence-electron chi connectivity index (χ1n) is 8.17. The summed E-state index contributed by atoms with van der Waals surface area (Å²) in [4.78, 5) is 11.8. The van der Waals surface area contributed by atoms with E-state index in [1.54, 1.807) is 12.1 Å². The molecule has 2 aromatic carbocycles. The number of nitrogens with one attached hydrogen (secondary N) is 1. The number of hydrogen-bond acceptors (Lipinski definition) is 4. The van der Waals surface area contributed by atoms with Crippen molar-refractivity contribution in [3.05, 3.63) is 54.3 Å². The summed E-state index contributed by atoms with van der Waals surface area (Å²) in [6.07, 6.45) is 0.972. The average molecular weight is 363 g/mol. The number of carbonyl (C=O) groups excluding carboxylic acids is 1. The summed E-state index contributed by atoms with van der Waals surface area (Å²) in [7, 11) is 0. The molecule has 0 atom stereocenters. The largest absolute Gasteiger partial charge is 0.494 e. The molecule has 25 heavy (non-hydrogen) atoms. The van der Waals surface area contributed by atoms with E-state index in [0.29, 0.717) is 19.0 Å². The Bertz CT molecular complexity index is 664. The van der Waals surface area contributed by atoms with Crippen LogP contribution in [-0.4, -0.2) is 30.6 Å². The van der Waals surface area contributed by atoms with Crippen LogP contribution in [-0.2, 0) is 4.79 Å². The van der Waals surface area contributed by atoms with Crippen molar-refractivity contribution in [1.82, 2.24) is 0 Å². The fourth-order valence-corrected chi connectivity index (χ4v) is 2.59. The maximum Gasteiger partial charge on any atom is 0.234 e. The number of anilines is 1. The van der Waals surface area contributed by atoms with Gasteiger partial charge in [0.25, 0.3) is 0 Å². The molecule has 0 aromatic heterocycles. The number of benzene rings is 2. The first kappa shape index (κ1) is 19.1. The predicted octanol–water partition coefficient (Wildman–Crippen LogP) is 4.37. The third-order valence-corrected chi connectivity index (χ3v) is 4.10. The van der Waals surface area contributed by atoms with E-state index in [9.17, 15) is 9.18 Å². The molecule has 1 N–H and O–H groups in total. The van der Waals surface area contributed by atoms with Crippen LogP contribution in [0.2, 0.25) is 0 Å². The Kier molecular flexibility index (Phi) is 8.12. The average Bonchev–Trinajstić information content (AvgIpc) is 2.62.